The molecule has 0 heterocycles. The first-order valence-electron chi connectivity index (χ1n) is 13.5. The molecule has 6 heteroatoms. The molecule has 0 spiro atoms. The third-order valence-corrected chi connectivity index (χ3v) is 6.53. The molecule has 4 atom stereocenters. The van der Waals surface area contributed by atoms with Crippen molar-refractivity contribution < 1.29 is 29.2 Å². The smallest absolute Gasteiger partial charge is 0.168 e. The average molecular weight is 541 g/mol. The Morgan fingerprint density at radius 2 is 1.00 bits per heavy atom. The van der Waals surface area contributed by atoms with Crippen LogP contribution >= 0.6 is 0 Å². The first kappa shape index (κ1) is 29.3. The minimum absolute atomic E-state index is 0.0960. The molecular formula is C34H36O6. The molecule has 0 aliphatic heterocycles. The SMILES string of the molecule is O=C(Cc1ccccc1)[C@H](OCc1ccccc1)[C@@H](OCc1ccccc1)[C@H](O)[C@H](O)COCc1ccccc1. The highest BCUT2D eigenvalue weighted by atomic mass is 16.6. The van der Waals surface area contributed by atoms with Gasteiger partial charge >= 0.3 is 0 Å². The van der Waals surface area contributed by atoms with Crippen LogP contribution < -0.4 is 0 Å². The summed E-state index contributed by atoms with van der Waals surface area (Å²) in [4.78, 5) is 13.7. The molecule has 0 aromatic heterocycles. The highest BCUT2D eigenvalue weighted by molar-refractivity contribution is 5.86. The van der Waals surface area contributed by atoms with Crippen LogP contribution in [-0.2, 0) is 45.2 Å². The lowest BCUT2D eigenvalue weighted by molar-refractivity contribution is -0.175. The van der Waals surface area contributed by atoms with E-state index in [0.29, 0.717) is 0 Å². The second kappa shape index (κ2) is 15.8. The van der Waals surface area contributed by atoms with E-state index in [9.17, 15) is 15.0 Å². The van der Waals surface area contributed by atoms with Gasteiger partial charge in [-0.25, -0.2) is 0 Å². The number of hydrogen-bond acceptors (Lipinski definition) is 6. The Balaban J connectivity index is 1.53. The molecule has 4 rings (SSSR count). The van der Waals surface area contributed by atoms with Gasteiger partial charge in [-0.3, -0.25) is 4.79 Å². The van der Waals surface area contributed by atoms with E-state index in [4.69, 9.17) is 14.2 Å². The molecule has 0 saturated heterocycles. The van der Waals surface area contributed by atoms with Gasteiger partial charge in [0.25, 0.3) is 0 Å². The summed E-state index contributed by atoms with van der Waals surface area (Å²) < 4.78 is 18.0. The van der Waals surface area contributed by atoms with E-state index in [2.05, 4.69) is 0 Å². The number of ketones is 1. The molecule has 0 aliphatic rings. The number of carbonyl (C=O) groups excluding carboxylic acids is 1. The summed E-state index contributed by atoms with van der Waals surface area (Å²) in [5.41, 5.74) is 3.52. The van der Waals surface area contributed by atoms with Crippen LogP contribution in [0.3, 0.4) is 0 Å². The van der Waals surface area contributed by atoms with Crippen molar-refractivity contribution in [3.05, 3.63) is 144 Å². The molecule has 2 N–H and O–H groups in total. The molecule has 4 aromatic carbocycles. The van der Waals surface area contributed by atoms with Gasteiger partial charge in [0, 0.05) is 6.42 Å². The molecule has 6 nitrogen and oxygen atoms in total. The quantitative estimate of drug-likeness (QED) is 0.210. The summed E-state index contributed by atoms with van der Waals surface area (Å²) in [6, 6.07) is 37.9. The molecule has 0 fully saturated rings. The molecule has 0 amide bonds. The van der Waals surface area contributed by atoms with Gasteiger partial charge in [-0.2, -0.15) is 0 Å². The van der Waals surface area contributed by atoms with Crippen LogP contribution in [0.1, 0.15) is 22.3 Å². The second-order valence-corrected chi connectivity index (χ2v) is 9.67. The Morgan fingerprint density at radius 1 is 0.575 bits per heavy atom. The van der Waals surface area contributed by atoms with E-state index >= 15 is 0 Å². The highest BCUT2D eigenvalue weighted by Crippen LogP contribution is 2.20. The van der Waals surface area contributed by atoms with Crippen molar-refractivity contribution in [1.29, 1.82) is 0 Å². The van der Waals surface area contributed by atoms with Crippen LogP contribution in [-0.4, -0.2) is 47.0 Å². The van der Waals surface area contributed by atoms with Crippen molar-refractivity contribution in [3.63, 3.8) is 0 Å². The van der Waals surface area contributed by atoms with E-state index < -0.39 is 24.4 Å². The van der Waals surface area contributed by atoms with Crippen LogP contribution in [0.4, 0.5) is 0 Å². The summed E-state index contributed by atoms with van der Waals surface area (Å²) in [7, 11) is 0. The summed E-state index contributed by atoms with van der Waals surface area (Å²) in [6.07, 6.45) is -4.94. The predicted molar refractivity (Wildman–Crippen MR) is 153 cm³/mol. The number of rotatable bonds is 16. The number of ether oxygens (including phenoxy) is 3. The number of Topliss-reactive ketones (excluding diaryl/α,β-unsaturated/α-hetero) is 1. The van der Waals surface area contributed by atoms with Gasteiger partial charge in [0.15, 0.2) is 5.78 Å². The van der Waals surface area contributed by atoms with E-state index in [1.54, 1.807) is 0 Å². The number of carbonyl (C=O) groups is 1. The zero-order valence-electron chi connectivity index (χ0n) is 22.4. The Morgan fingerprint density at radius 3 is 1.50 bits per heavy atom. The van der Waals surface area contributed by atoms with E-state index in [0.717, 1.165) is 22.3 Å². The summed E-state index contributed by atoms with van der Waals surface area (Å²) in [5.74, 6) is -0.253. The van der Waals surface area contributed by atoms with Gasteiger partial charge in [-0.15, -0.1) is 0 Å². The number of aliphatic hydroxyl groups excluding tert-OH is 2. The fourth-order valence-corrected chi connectivity index (χ4v) is 4.35. The van der Waals surface area contributed by atoms with Gasteiger partial charge in [-0.05, 0) is 22.3 Å². The predicted octanol–water partition coefficient (Wildman–Crippen LogP) is 4.91. The first-order chi connectivity index (χ1) is 19.6. The Labute approximate surface area is 235 Å². The van der Waals surface area contributed by atoms with Crippen LogP contribution in [0.5, 0.6) is 0 Å². The van der Waals surface area contributed by atoms with Gasteiger partial charge in [-0.1, -0.05) is 121 Å². The lowest BCUT2D eigenvalue weighted by atomic mass is 9.96. The van der Waals surface area contributed by atoms with Crippen LogP contribution in [0.25, 0.3) is 0 Å². The van der Waals surface area contributed by atoms with Crippen molar-refractivity contribution in [3.8, 4) is 0 Å². The van der Waals surface area contributed by atoms with Crippen LogP contribution in [0.15, 0.2) is 121 Å². The van der Waals surface area contributed by atoms with Crippen molar-refractivity contribution in [2.45, 2.75) is 50.7 Å². The maximum Gasteiger partial charge on any atom is 0.168 e. The van der Waals surface area contributed by atoms with Crippen LogP contribution in [0.2, 0.25) is 0 Å². The van der Waals surface area contributed by atoms with Gasteiger partial charge in [0.05, 0.1) is 26.4 Å². The minimum atomic E-state index is -1.44. The molecule has 4 aromatic rings. The average Bonchev–Trinajstić information content (AvgIpc) is 3.00. The Kier molecular flexibility index (Phi) is 11.6. The summed E-state index contributed by atoms with van der Waals surface area (Å²) in [6.45, 7) is 0.412. The fraction of sp³-hybridized carbons (Fsp3) is 0.265. The maximum atomic E-state index is 13.7. The molecule has 0 radical (unpaired) electrons. The Bertz CT molecular complexity index is 1250. The third kappa shape index (κ3) is 9.23. The lowest BCUT2D eigenvalue weighted by Gasteiger charge is -2.32. The zero-order valence-corrected chi connectivity index (χ0v) is 22.4. The second-order valence-electron chi connectivity index (χ2n) is 9.67. The molecular weight excluding hydrogens is 504 g/mol. The van der Waals surface area contributed by atoms with Gasteiger partial charge in [0.2, 0.25) is 0 Å². The molecule has 40 heavy (non-hydrogen) atoms. The summed E-state index contributed by atoms with van der Waals surface area (Å²) in [5, 5.41) is 22.3. The molecule has 0 unspecified atom stereocenters. The third-order valence-electron chi connectivity index (χ3n) is 6.53. The molecule has 0 saturated carbocycles. The van der Waals surface area contributed by atoms with E-state index in [1.165, 1.54) is 0 Å². The Hall–Kier alpha value is -3.65. The van der Waals surface area contributed by atoms with Crippen molar-refractivity contribution in [1.82, 2.24) is 0 Å². The molecule has 0 aliphatic carbocycles. The van der Waals surface area contributed by atoms with Gasteiger partial charge in [0.1, 0.15) is 24.4 Å². The van der Waals surface area contributed by atoms with Crippen molar-refractivity contribution >= 4 is 5.78 Å². The lowest BCUT2D eigenvalue weighted by Crippen LogP contribution is -2.51. The normalized spacial score (nSPS) is 14.2. The number of hydrogen-bond donors (Lipinski definition) is 2. The van der Waals surface area contributed by atoms with E-state index in [1.807, 2.05) is 121 Å². The minimum Gasteiger partial charge on any atom is -0.388 e. The fourth-order valence-electron chi connectivity index (χ4n) is 4.35. The first-order valence-corrected chi connectivity index (χ1v) is 13.5. The topological polar surface area (TPSA) is 85.2 Å². The standard InChI is InChI=1S/C34H36O6/c35-30(21-26-13-5-1-6-14-26)33(39-23-28-17-9-3-10-18-28)34(40-24-29-19-11-4-12-20-29)32(37)31(36)25-38-22-27-15-7-2-8-16-27/h1-20,31-34,36-37H,21-25H2/t31-,32-,33+,34+/m1/s1. The maximum absolute atomic E-state index is 13.7. The molecule has 0 bridgehead atoms. The molecule has 208 valence electrons. The summed E-state index contributed by atoms with van der Waals surface area (Å²) >= 11 is 0. The zero-order chi connectivity index (χ0) is 28.0. The van der Waals surface area contributed by atoms with Crippen LogP contribution in [0, 0.1) is 0 Å². The number of benzene rings is 4. The highest BCUT2D eigenvalue weighted by Gasteiger charge is 2.38. The monoisotopic (exact) mass is 540 g/mol. The van der Waals surface area contributed by atoms with E-state index in [-0.39, 0.29) is 38.6 Å². The largest absolute Gasteiger partial charge is 0.388 e. The van der Waals surface area contributed by atoms with Crippen molar-refractivity contribution in [2.24, 2.45) is 0 Å². The van der Waals surface area contributed by atoms with Crippen molar-refractivity contribution in [2.75, 3.05) is 6.61 Å². The number of aliphatic hydroxyl groups is 2. The van der Waals surface area contributed by atoms with Gasteiger partial charge < -0.3 is 24.4 Å².